The zero-order chi connectivity index (χ0) is 15.1. The van der Waals surface area contributed by atoms with Crippen molar-refractivity contribution in [2.45, 2.75) is 13.0 Å². The Kier molecular flexibility index (Phi) is 3.50. The molecule has 2 unspecified atom stereocenters. The van der Waals surface area contributed by atoms with E-state index in [1.807, 2.05) is 18.1 Å². The first-order chi connectivity index (χ1) is 10.7. The van der Waals surface area contributed by atoms with Crippen LogP contribution in [0.2, 0.25) is 0 Å². The molecular formula is C16H20N4OS. The molecule has 0 N–H and O–H groups in total. The number of aromatic nitrogens is 2. The number of carbonyl (C=O) groups is 1. The van der Waals surface area contributed by atoms with Crippen molar-refractivity contribution >= 4 is 22.9 Å². The molecule has 6 heteroatoms. The van der Waals surface area contributed by atoms with Gasteiger partial charge in [-0.25, -0.2) is 0 Å². The first kappa shape index (κ1) is 14.0. The van der Waals surface area contributed by atoms with Gasteiger partial charge in [0.25, 0.3) is 0 Å². The molecule has 2 atom stereocenters. The SMILES string of the molecule is Cn1cc(N2CCC3CN(Cc4cccs4)CC3C2=O)cn1. The molecular weight excluding hydrogens is 296 g/mol. The van der Waals surface area contributed by atoms with Crippen molar-refractivity contribution in [3.63, 3.8) is 0 Å². The summed E-state index contributed by atoms with van der Waals surface area (Å²) < 4.78 is 1.76. The maximum absolute atomic E-state index is 12.8. The van der Waals surface area contributed by atoms with Gasteiger partial charge in [-0.3, -0.25) is 14.4 Å². The Labute approximate surface area is 134 Å². The topological polar surface area (TPSA) is 41.4 Å². The Hall–Kier alpha value is -1.66. The highest BCUT2D eigenvalue weighted by Gasteiger charge is 2.43. The number of hydrogen-bond donors (Lipinski definition) is 0. The van der Waals surface area contributed by atoms with E-state index in [-0.39, 0.29) is 11.8 Å². The number of thiophene rings is 1. The minimum absolute atomic E-state index is 0.147. The minimum atomic E-state index is 0.147. The third kappa shape index (κ3) is 2.46. The van der Waals surface area contributed by atoms with Gasteiger partial charge < -0.3 is 4.90 Å². The second-order valence-electron chi connectivity index (χ2n) is 6.29. The van der Waals surface area contributed by atoms with Crippen LogP contribution in [0.5, 0.6) is 0 Å². The van der Waals surface area contributed by atoms with Gasteiger partial charge >= 0.3 is 0 Å². The average molecular weight is 316 g/mol. The van der Waals surface area contributed by atoms with Crippen LogP contribution >= 0.6 is 11.3 Å². The highest BCUT2D eigenvalue weighted by molar-refractivity contribution is 7.09. The van der Waals surface area contributed by atoms with Crippen molar-refractivity contribution in [3.05, 3.63) is 34.8 Å². The third-order valence-electron chi connectivity index (χ3n) is 4.79. The number of carbonyl (C=O) groups excluding carboxylic acids is 1. The molecule has 1 amide bonds. The monoisotopic (exact) mass is 316 g/mol. The van der Waals surface area contributed by atoms with Crippen molar-refractivity contribution in [3.8, 4) is 0 Å². The third-order valence-corrected chi connectivity index (χ3v) is 5.65. The Morgan fingerprint density at radius 2 is 2.32 bits per heavy atom. The first-order valence-electron chi connectivity index (χ1n) is 7.75. The molecule has 2 aromatic heterocycles. The Bertz CT molecular complexity index is 666. The summed E-state index contributed by atoms with van der Waals surface area (Å²) in [7, 11) is 1.89. The van der Waals surface area contributed by atoms with Crippen LogP contribution in [0.25, 0.3) is 0 Å². The largest absolute Gasteiger partial charge is 0.309 e. The van der Waals surface area contributed by atoms with Gasteiger partial charge in [-0.2, -0.15) is 5.10 Å². The van der Waals surface area contributed by atoms with Crippen molar-refractivity contribution in [2.24, 2.45) is 18.9 Å². The number of fused-ring (bicyclic) bond motifs is 1. The van der Waals surface area contributed by atoms with Crippen molar-refractivity contribution < 1.29 is 4.79 Å². The van der Waals surface area contributed by atoms with Crippen molar-refractivity contribution in [2.75, 3.05) is 24.5 Å². The molecule has 116 valence electrons. The van der Waals surface area contributed by atoms with Gasteiger partial charge in [0.1, 0.15) is 0 Å². The predicted molar refractivity (Wildman–Crippen MR) is 86.8 cm³/mol. The number of aryl methyl sites for hydroxylation is 1. The summed E-state index contributed by atoms with van der Waals surface area (Å²) in [5.74, 6) is 0.937. The van der Waals surface area contributed by atoms with Crippen LogP contribution in [0.1, 0.15) is 11.3 Å². The summed E-state index contributed by atoms with van der Waals surface area (Å²) in [6.07, 6.45) is 4.80. The van der Waals surface area contributed by atoms with Crippen LogP contribution in [0.3, 0.4) is 0 Å². The summed E-state index contributed by atoms with van der Waals surface area (Å²) in [4.78, 5) is 18.6. The Morgan fingerprint density at radius 1 is 1.41 bits per heavy atom. The number of hydrogen-bond acceptors (Lipinski definition) is 4. The molecule has 0 spiro atoms. The standard InChI is InChI=1S/C16H20N4OS/c1-18-9-13(7-17-18)20-5-4-12-8-19(11-15(12)16(20)21)10-14-3-2-6-22-14/h2-3,6-7,9,12,15H,4-5,8,10-11H2,1H3. The summed E-state index contributed by atoms with van der Waals surface area (Å²) in [5, 5.41) is 6.31. The number of rotatable bonds is 3. The Balaban J connectivity index is 1.47. The summed E-state index contributed by atoms with van der Waals surface area (Å²) in [6.45, 7) is 3.73. The Morgan fingerprint density at radius 3 is 3.05 bits per heavy atom. The van der Waals surface area contributed by atoms with E-state index in [2.05, 4.69) is 27.5 Å². The van der Waals surface area contributed by atoms with Crippen LogP contribution < -0.4 is 4.90 Å². The fourth-order valence-electron chi connectivity index (χ4n) is 3.69. The molecule has 2 fully saturated rings. The molecule has 4 rings (SSSR count). The maximum atomic E-state index is 12.8. The molecule has 0 aromatic carbocycles. The zero-order valence-corrected chi connectivity index (χ0v) is 13.5. The number of anilines is 1. The van der Waals surface area contributed by atoms with Crippen LogP contribution in [0.15, 0.2) is 29.9 Å². The van der Waals surface area contributed by atoms with Crippen molar-refractivity contribution in [1.29, 1.82) is 0 Å². The maximum Gasteiger partial charge on any atom is 0.231 e. The molecule has 0 aliphatic carbocycles. The molecule has 0 bridgehead atoms. The second kappa shape index (κ2) is 5.52. The molecule has 0 radical (unpaired) electrons. The summed E-state index contributed by atoms with van der Waals surface area (Å²) in [6, 6.07) is 4.27. The smallest absolute Gasteiger partial charge is 0.231 e. The average Bonchev–Trinajstić information content (AvgIpc) is 3.21. The van der Waals surface area contributed by atoms with Gasteiger partial charge in [0, 0.05) is 44.3 Å². The molecule has 5 nitrogen and oxygen atoms in total. The predicted octanol–water partition coefficient (Wildman–Crippen LogP) is 1.97. The van der Waals surface area contributed by atoms with Crippen LogP contribution in [0.4, 0.5) is 5.69 Å². The van der Waals surface area contributed by atoms with Gasteiger partial charge in [-0.05, 0) is 23.8 Å². The number of piperidine rings is 1. The van der Waals surface area contributed by atoms with E-state index in [4.69, 9.17) is 0 Å². The van der Waals surface area contributed by atoms with E-state index in [0.29, 0.717) is 5.92 Å². The van der Waals surface area contributed by atoms with Gasteiger partial charge in [0.05, 0.1) is 17.8 Å². The lowest BCUT2D eigenvalue weighted by molar-refractivity contribution is -0.124. The van der Waals surface area contributed by atoms with Crippen LogP contribution in [-0.4, -0.2) is 40.2 Å². The minimum Gasteiger partial charge on any atom is -0.309 e. The van der Waals surface area contributed by atoms with Crippen molar-refractivity contribution in [1.82, 2.24) is 14.7 Å². The molecule has 2 saturated heterocycles. The highest BCUT2D eigenvalue weighted by Crippen LogP contribution is 2.35. The quantitative estimate of drug-likeness (QED) is 0.869. The summed E-state index contributed by atoms with van der Waals surface area (Å²) in [5.41, 5.74) is 0.933. The molecule has 2 aromatic rings. The van der Waals surface area contributed by atoms with E-state index in [1.165, 1.54) is 4.88 Å². The van der Waals surface area contributed by atoms with E-state index >= 15 is 0 Å². The second-order valence-corrected chi connectivity index (χ2v) is 7.32. The molecule has 4 heterocycles. The lowest BCUT2D eigenvalue weighted by Crippen LogP contribution is -2.45. The first-order valence-corrected chi connectivity index (χ1v) is 8.63. The van der Waals surface area contributed by atoms with Gasteiger partial charge in [0.15, 0.2) is 0 Å². The van der Waals surface area contributed by atoms with Gasteiger partial charge in [0.2, 0.25) is 5.91 Å². The van der Waals surface area contributed by atoms with Crippen LogP contribution in [0, 0.1) is 11.8 Å². The van der Waals surface area contributed by atoms with E-state index in [1.54, 1.807) is 22.2 Å². The lowest BCUT2D eigenvalue weighted by Gasteiger charge is -2.32. The fourth-order valence-corrected chi connectivity index (χ4v) is 4.44. The molecule has 0 saturated carbocycles. The number of amides is 1. The lowest BCUT2D eigenvalue weighted by atomic mass is 9.88. The fraction of sp³-hybridized carbons (Fsp3) is 0.500. The molecule has 2 aliphatic heterocycles. The highest BCUT2D eigenvalue weighted by atomic mass is 32.1. The van der Waals surface area contributed by atoms with Gasteiger partial charge in [-0.15, -0.1) is 11.3 Å². The van der Waals surface area contributed by atoms with E-state index in [0.717, 1.165) is 38.3 Å². The molecule has 2 aliphatic rings. The summed E-state index contributed by atoms with van der Waals surface area (Å²) >= 11 is 1.80. The zero-order valence-electron chi connectivity index (χ0n) is 12.7. The number of nitrogens with zero attached hydrogens (tertiary/aromatic N) is 4. The normalized spacial score (nSPS) is 25.7. The van der Waals surface area contributed by atoms with E-state index < -0.39 is 0 Å². The van der Waals surface area contributed by atoms with E-state index in [9.17, 15) is 4.79 Å². The number of likely N-dealkylation sites (tertiary alicyclic amines) is 1. The van der Waals surface area contributed by atoms with Gasteiger partial charge in [-0.1, -0.05) is 6.07 Å². The van der Waals surface area contributed by atoms with Crippen LogP contribution in [-0.2, 0) is 18.4 Å². The molecule has 22 heavy (non-hydrogen) atoms.